The number of non-ortho nitro benzene ring substituents is 1. The molecule has 0 saturated heterocycles. The van der Waals surface area contributed by atoms with Crippen LogP contribution < -0.4 is 5.43 Å². The molecule has 2 heterocycles. The van der Waals surface area contributed by atoms with Gasteiger partial charge in [-0.25, -0.2) is 4.68 Å². The second kappa shape index (κ2) is 5.53. The molecule has 0 aliphatic carbocycles. The van der Waals surface area contributed by atoms with E-state index >= 15 is 0 Å². The molecule has 0 saturated carbocycles. The van der Waals surface area contributed by atoms with Crippen molar-refractivity contribution in [1.82, 2.24) is 14.9 Å². The van der Waals surface area contributed by atoms with Crippen LogP contribution in [0.15, 0.2) is 53.7 Å². The fourth-order valence-electron chi connectivity index (χ4n) is 2.50. The van der Waals surface area contributed by atoms with Crippen LogP contribution in [-0.4, -0.2) is 24.9 Å². The number of rotatable bonds is 3. The number of aromatic hydroxyl groups is 1. The smallest absolute Gasteiger partial charge is 0.270 e. The van der Waals surface area contributed by atoms with Crippen molar-refractivity contribution in [3.05, 3.63) is 64.2 Å². The molecule has 2 N–H and O–H groups in total. The number of aromatic nitrogens is 3. The largest absolute Gasteiger partial charge is 0.508 e. The van der Waals surface area contributed by atoms with Gasteiger partial charge in [-0.2, -0.15) is 0 Å². The first-order valence-electron chi connectivity index (χ1n) is 7.05. The fourth-order valence-corrected chi connectivity index (χ4v) is 3.53. The zero-order valence-corrected chi connectivity index (χ0v) is 13.0. The van der Waals surface area contributed by atoms with E-state index in [0.717, 1.165) is 5.56 Å². The number of hydrogen-bond donors (Lipinski definition) is 2. The van der Waals surface area contributed by atoms with Gasteiger partial charge in [0.15, 0.2) is 5.82 Å². The summed E-state index contributed by atoms with van der Waals surface area (Å²) < 4.78 is 1.68. The van der Waals surface area contributed by atoms with Gasteiger partial charge in [0, 0.05) is 23.3 Å². The van der Waals surface area contributed by atoms with Gasteiger partial charge < -0.3 is 10.5 Å². The first-order chi connectivity index (χ1) is 11.6. The van der Waals surface area contributed by atoms with Gasteiger partial charge in [-0.05, 0) is 6.07 Å². The van der Waals surface area contributed by atoms with Crippen LogP contribution in [0.3, 0.4) is 0 Å². The third kappa shape index (κ3) is 2.35. The zero-order valence-electron chi connectivity index (χ0n) is 12.2. The van der Waals surface area contributed by atoms with Gasteiger partial charge in [0.25, 0.3) is 5.69 Å². The number of para-hydroxylation sites is 1. The molecule has 120 valence electrons. The number of nitrogens with one attached hydrogen (secondary N) is 1. The van der Waals surface area contributed by atoms with Gasteiger partial charge >= 0.3 is 0 Å². The molecule has 0 radical (unpaired) electrons. The monoisotopic (exact) mass is 341 g/mol. The number of hydrogen-bond acceptors (Lipinski definition) is 7. The molecule has 0 unspecified atom stereocenters. The molecule has 1 aliphatic rings. The van der Waals surface area contributed by atoms with Crippen molar-refractivity contribution in [2.75, 3.05) is 5.43 Å². The molecule has 2 aromatic carbocycles. The molecule has 8 nitrogen and oxygen atoms in total. The maximum absolute atomic E-state index is 10.9. The second-order valence-corrected chi connectivity index (χ2v) is 6.21. The highest BCUT2D eigenvalue weighted by molar-refractivity contribution is 7.99. The molecule has 1 aromatic heterocycles. The summed E-state index contributed by atoms with van der Waals surface area (Å²) in [4.78, 5) is 10.5. The minimum absolute atomic E-state index is 0.00671. The SMILES string of the molecule is O=[N+]([O-])c1cccc(-c2nnc3n2N[C@H](c2ccccc2O)S3)c1. The lowest BCUT2D eigenvalue weighted by Crippen LogP contribution is -2.13. The Kier molecular flexibility index (Phi) is 3.35. The summed E-state index contributed by atoms with van der Waals surface area (Å²) in [5.41, 5.74) is 4.53. The molecule has 9 heteroatoms. The first kappa shape index (κ1) is 14.5. The summed E-state index contributed by atoms with van der Waals surface area (Å²) in [6.07, 6.45) is 0. The predicted molar refractivity (Wildman–Crippen MR) is 88.2 cm³/mol. The van der Waals surface area contributed by atoms with Crippen LogP contribution in [0.5, 0.6) is 5.75 Å². The van der Waals surface area contributed by atoms with Crippen LogP contribution in [0.1, 0.15) is 10.9 Å². The number of phenols is 1. The fraction of sp³-hybridized carbons (Fsp3) is 0.0667. The molecular formula is C15H11N5O3S. The van der Waals surface area contributed by atoms with Crippen molar-refractivity contribution in [2.24, 2.45) is 0 Å². The second-order valence-electron chi connectivity index (χ2n) is 5.13. The highest BCUT2D eigenvalue weighted by Gasteiger charge is 2.29. The maximum Gasteiger partial charge on any atom is 0.270 e. The maximum atomic E-state index is 10.9. The van der Waals surface area contributed by atoms with E-state index in [2.05, 4.69) is 15.6 Å². The number of phenolic OH excluding ortho intramolecular Hbond substituents is 1. The summed E-state index contributed by atoms with van der Waals surface area (Å²) in [5.74, 6) is 0.678. The number of nitro groups is 1. The van der Waals surface area contributed by atoms with Crippen molar-refractivity contribution < 1.29 is 10.0 Å². The van der Waals surface area contributed by atoms with Crippen molar-refractivity contribution in [3.63, 3.8) is 0 Å². The van der Waals surface area contributed by atoms with Crippen molar-refractivity contribution >= 4 is 17.4 Å². The quantitative estimate of drug-likeness (QED) is 0.557. The van der Waals surface area contributed by atoms with Crippen molar-refractivity contribution in [2.45, 2.75) is 10.5 Å². The van der Waals surface area contributed by atoms with E-state index in [9.17, 15) is 15.2 Å². The summed E-state index contributed by atoms with van der Waals surface area (Å²) in [7, 11) is 0. The summed E-state index contributed by atoms with van der Waals surface area (Å²) in [6.45, 7) is 0. The van der Waals surface area contributed by atoms with E-state index in [4.69, 9.17) is 0 Å². The Balaban J connectivity index is 1.69. The number of thioether (sulfide) groups is 1. The molecule has 0 amide bonds. The van der Waals surface area contributed by atoms with Gasteiger partial charge in [-0.1, -0.05) is 42.1 Å². The van der Waals surface area contributed by atoms with E-state index < -0.39 is 4.92 Å². The normalized spacial score (nSPS) is 15.8. The standard InChI is InChI=1S/C15H11N5O3S/c21-12-7-2-1-6-11(12)14-18-19-13(16-17-15(19)24-14)9-4-3-5-10(8-9)20(22)23/h1-8,14,18,21H/t14-/m0/s1. The molecule has 4 rings (SSSR count). The molecule has 24 heavy (non-hydrogen) atoms. The summed E-state index contributed by atoms with van der Waals surface area (Å²) in [5, 5.41) is 29.6. The Morgan fingerprint density at radius 2 is 2.04 bits per heavy atom. The van der Waals surface area contributed by atoms with E-state index in [1.165, 1.54) is 23.9 Å². The Morgan fingerprint density at radius 1 is 1.21 bits per heavy atom. The molecule has 0 spiro atoms. The molecule has 3 aromatic rings. The van der Waals surface area contributed by atoms with Crippen LogP contribution in [0.4, 0.5) is 5.69 Å². The molecule has 1 aliphatic heterocycles. The number of nitrogens with zero attached hydrogens (tertiary/aromatic N) is 4. The third-order valence-electron chi connectivity index (χ3n) is 3.64. The highest BCUT2D eigenvalue weighted by atomic mass is 32.2. The Bertz CT molecular complexity index is 942. The van der Waals surface area contributed by atoms with Gasteiger partial charge in [0.2, 0.25) is 5.16 Å². The van der Waals surface area contributed by atoms with Crippen molar-refractivity contribution in [3.8, 4) is 17.1 Å². The molecular weight excluding hydrogens is 330 g/mol. The van der Waals surface area contributed by atoms with E-state index in [-0.39, 0.29) is 16.8 Å². The van der Waals surface area contributed by atoms with Gasteiger partial charge in [-0.15, -0.1) is 10.2 Å². The van der Waals surface area contributed by atoms with E-state index in [1.54, 1.807) is 28.9 Å². The van der Waals surface area contributed by atoms with Gasteiger partial charge in [0.05, 0.1) is 4.92 Å². The number of benzene rings is 2. The molecule has 0 bridgehead atoms. The van der Waals surface area contributed by atoms with Crippen LogP contribution in [-0.2, 0) is 0 Å². The first-order valence-corrected chi connectivity index (χ1v) is 7.93. The zero-order chi connectivity index (χ0) is 16.7. The Morgan fingerprint density at radius 3 is 2.83 bits per heavy atom. The van der Waals surface area contributed by atoms with E-state index in [0.29, 0.717) is 16.5 Å². The van der Waals surface area contributed by atoms with Crippen LogP contribution in [0, 0.1) is 10.1 Å². The number of fused-ring (bicyclic) bond motifs is 1. The average molecular weight is 341 g/mol. The predicted octanol–water partition coefficient (Wildman–Crippen LogP) is 2.91. The van der Waals surface area contributed by atoms with Crippen LogP contribution >= 0.6 is 11.8 Å². The average Bonchev–Trinajstić information content (AvgIpc) is 3.15. The molecule has 1 atom stereocenters. The summed E-state index contributed by atoms with van der Waals surface area (Å²) in [6, 6.07) is 13.3. The highest BCUT2D eigenvalue weighted by Crippen LogP contribution is 2.42. The summed E-state index contributed by atoms with van der Waals surface area (Å²) >= 11 is 1.41. The lowest BCUT2D eigenvalue weighted by Gasteiger charge is -2.13. The van der Waals surface area contributed by atoms with Crippen molar-refractivity contribution in [1.29, 1.82) is 0 Å². The van der Waals surface area contributed by atoms with Gasteiger partial charge in [0.1, 0.15) is 11.1 Å². The van der Waals surface area contributed by atoms with E-state index in [1.807, 2.05) is 12.1 Å². The third-order valence-corrected chi connectivity index (χ3v) is 4.71. The minimum atomic E-state index is -0.447. The minimum Gasteiger partial charge on any atom is -0.508 e. The topological polar surface area (TPSA) is 106 Å². The number of nitro benzene ring substituents is 1. The Labute approximate surface area is 140 Å². The van der Waals surface area contributed by atoms with Crippen LogP contribution in [0.2, 0.25) is 0 Å². The lowest BCUT2D eigenvalue weighted by atomic mass is 10.2. The lowest BCUT2D eigenvalue weighted by molar-refractivity contribution is -0.384. The van der Waals surface area contributed by atoms with Crippen LogP contribution in [0.25, 0.3) is 11.4 Å². The Hall–Kier alpha value is -3.07. The van der Waals surface area contributed by atoms with Gasteiger partial charge in [-0.3, -0.25) is 10.1 Å². The molecule has 0 fully saturated rings.